The van der Waals surface area contributed by atoms with Gasteiger partial charge in [-0.25, -0.2) is 0 Å². The minimum atomic E-state index is -0.0942. The highest BCUT2D eigenvalue weighted by atomic mass is 32.2. The van der Waals surface area contributed by atoms with Gasteiger partial charge in [0.05, 0.1) is 25.4 Å². The molecular weight excluding hydrogens is 346 g/mol. The SMILES string of the molecule is C#CCNC(=O)CSc1nnc(CN2CCCC2)n1Cc1ccccc1. The number of hydrogen-bond acceptors (Lipinski definition) is 5. The third-order valence-electron chi connectivity index (χ3n) is 4.26. The van der Waals surface area contributed by atoms with Crippen molar-refractivity contribution >= 4 is 17.7 Å². The first-order valence-electron chi connectivity index (χ1n) is 8.77. The summed E-state index contributed by atoms with van der Waals surface area (Å²) in [4.78, 5) is 14.2. The summed E-state index contributed by atoms with van der Waals surface area (Å²) in [5.41, 5.74) is 1.19. The molecule has 2 heterocycles. The van der Waals surface area contributed by atoms with Crippen molar-refractivity contribution in [3.63, 3.8) is 0 Å². The molecule has 7 heteroatoms. The van der Waals surface area contributed by atoms with Crippen molar-refractivity contribution in [2.75, 3.05) is 25.4 Å². The van der Waals surface area contributed by atoms with Gasteiger partial charge in [-0.3, -0.25) is 9.69 Å². The van der Waals surface area contributed by atoms with Crippen LogP contribution >= 0.6 is 11.8 Å². The first-order chi connectivity index (χ1) is 12.8. The lowest BCUT2D eigenvalue weighted by molar-refractivity contribution is -0.118. The normalized spacial score (nSPS) is 14.3. The second-order valence-electron chi connectivity index (χ2n) is 6.22. The average molecular weight is 369 g/mol. The van der Waals surface area contributed by atoms with Gasteiger partial charge in [-0.2, -0.15) is 0 Å². The van der Waals surface area contributed by atoms with Crippen molar-refractivity contribution in [1.82, 2.24) is 25.0 Å². The van der Waals surface area contributed by atoms with Gasteiger partial charge < -0.3 is 9.88 Å². The Morgan fingerprint density at radius 3 is 2.69 bits per heavy atom. The zero-order valence-electron chi connectivity index (χ0n) is 14.7. The molecule has 1 aliphatic heterocycles. The molecule has 0 radical (unpaired) electrons. The molecule has 1 aromatic heterocycles. The van der Waals surface area contributed by atoms with Crippen LogP contribution in [0.1, 0.15) is 24.2 Å². The van der Waals surface area contributed by atoms with Gasteiger partial charge in [0, 0.05) is 0 Å². The first kappa shape index (κ1) is 18.5. The molecule has 1 saturated heterocycles. The number of carbonyl (C=O) groups excluding carboxylic acids is 1. The first-order valence-corrected chi connectivity index (χ1v) is 9.76. The highest BCUT2D eigenvalue weighted by Gasteiger charge is 2.19. The van der Waals surface area contributed by atoms with Gasteiger partial charge in [0.2, 0.25) is 5.91 Å². The minimum absolute atomic E-state index is 0.0942. The summed E-state index contributed by atoms with van der Waals surface area (Å²) in [6, 6.07) is 10.2. The van der Waals surface area contributed by atoms with Crippen LogP contribution in [0.4, 0.5) is 0 Å². The van der Waals surface area contributed by atoms with Gasteiger partial charge in [0.15, 0.2) is 5.16 Å². The summed E-state index contributed by atoms with van der Waals surface area (Å²) >= 11 is 1.39. The Morgan fingerprint density at radius 2 is 1.96 bits per heavy atom. The summed E-state index contributed by atoms with van der Waals surface area (Å²) < 4.78 is 2.12. The molecule has 1 aromatic carbocycles. The number of hydrogen-bond donors (Lipinski definition) is 1. The van der Waals surface area contributed by atoms with Gasteiger partial charge in [0.1, 0.15) is 5.82 Å². The third-order valence-corrected chi connectivity index (χ3v) is 5.23. The van der Waals surface area contributed by atoms with Crippen LogP contribution < -0.4 is 5.32 Å². The van der Waals surface area contributed by atoms with E-state index in [1.54, 1.807) is 0 Å². The summed E-state index contributed by atoms with van der Waals surface area (Å²) in [7, 11) is 0. The fourth-order valence-electron chi connectivity index (χ4n) is 2.94. The number of aromatic nitrogens is 3. The molecule has 0 unspecified atom stereocenters. The van der Waals surface area contributed by atoms with E-state index in [4.69, 9.17) is 6.42 Å². The molecule has 0 atom stereocenters. The number of benzene rings is 1. The van der Waals surface area contributed by atoms with E-state index in [2.05, 4.69) is 43.0 Å². The molecular formula is C19H23N5OS. The van der Waals surface area contributed by atoms with Gasteiger partial charge in [0.25, 0.3) is 0 Å². The molecule has 26 heavy (non-hydrogen) atoms. The van der Waals surface area contributed by atoms with Crippen LogP contribution in [-0.2, 0) is 17.9 Å². The van der Waals surface area contributed by atoms with Gasteiger partial charge in [-0.1, -0.05) is 48.0 Å². The number of carbonyl (C=O) groups is 1. The van der Waals surface area contributed by atoms with Crippen molar-refractivity contribution in [2.24, 2.45) is 0 Å². The third kappa shape index (κ3) is 5.10. The van der Waals surface area contributed by atoms with E-state index >= 15 is 0 Å². The van der Waals surface area contributed by atoms with E-state index in [-0.39, 0.29) is 18.2 Å². The van der Waals surface area contributed by atoms with E-state index in [0.29, 0.717) is 6.54 Å². The molecule has 2 aromatic rings. The smallest absolute Gasteiger partial charge is 0.231 e. The van der Waals surface area contributed by atoms with Crippen LogP contribution in [0.2, 0.25) is 0 Å². The summed E-state index contributed by atoms with van der Waals surface area (Å²) in [5, 5.41) is 12.2. The van der Waals surface area contributed by atoms with E-state index in [1.165, 1.54) is 30.2 Å². The van der Waals surface area contributed by atoms with Crippen LogP contribution in [0.5, 0.6) is 0 Å². The van der Waals surface area contributed by atoms with Crippen LogP contribution in [0.3, 0.4) is 0 Å². The van der Waals surface area contributed by atoms with Gasteiger partial charge >= 0.3 is 0 Å². The Morgan fingerprint density at radius 1 is 1.19 bits per heavy atom. The predicted molar refractivity (Wildman–Crippen MR) is 103 cm³/mol. The monoisotopic (exact) mass is 369 g/mol. The fourth-order valence-corrected chi connectivity index (χ4v) is 3.73. The lowest BCUT2D eigenvalue weighted by atomic mass is 10.2. The van der Waals surface area contributed by atoms with Crippen molar-refractivity contribution in [2.45, 2.75) is 31.1 Å². The maximum atomic E-state index is 11.8. The molecule has 136 valence electrons. The second-order valence-corrected chi connectivity index (χ2v) is 7.17. The lowest BCUT2D eigenvalue weighted by Gasteiger charge is -2.16. The summed E-state index contributed by atoms with van der Waals surface area (Å²) in [6.45, 7) is 3.95. The van der Waals surface area contributed by atoms with Crippen LogP contribution in [-0.4, -0.2) is 51.0 Å². The second kappa shape index (κ2) is 9.41. The maximum Gasteiger partial charge on any atom is 0.231 e. The molecule has 0 aliphatic carbocycles. The molecule has 1 amide bonds. The number of rotatable bonds is 8. The predicted octanol–water partition coefficient (Wildman–Crippen LogP) is 1.76. The summed E-state index contributed by atoms with van der Waals surface area (Å²) in [6.07, 6.45) is 7.65. The highest BCUT2D eigenvalue weighted by molar-refractivity contribution is 7.99. The highest BCUT2D eigenvalue weighted by Crippen LogP contribution is 2.20. The van der Waals surface area contributed by atoms with Gasteiger partial charge in [-0.15, -0.1) is 16.6 Å². The van der Waals surface area contributed by atoms with Crippen molar-refractivity contribution in [1.29, 1.82) is 0 Å². The maximum absolute atomic E-state index is 11.8. The zero-order chi connectivity index (χ0) is 18.2. The average Bonchev–Trinajstić information content (AvgIpc) is 3.30. The van der Waals surface area contributed by atoms with E-state index in [9.17, 15) is 4.79 Å². The fraction of sp³-hybridized carbons (Fsp3) is 0.421. The lowest BCUT2D eigenvalue weighted by Crippen LogP contribution is -2.25. The van der Waals surface area contributed by atoms with Crippen molar-refractivity contribution in [3.05, 3.63) is 41.7 Å². The molecule has 3 rings (SSSR count). The standard InChI is InChI=1S/C19H23N5OS/c1-2-10-20-18(25)15-26-19-22-21-17(14-23-11-6-7-12-23)24(19)13-16-8-4-3-5-9-16/h1,3-5,8-9H,6-7,10-15H2,(H,20,25). The molecule has 0 saturated carbocycles. The largest absolute Gasteiger partial charge is 0.344 e. The Kier molecular flexibility index (Phi) is 6.69. The molecule has 6 nitrogen and oxygen atoms in total. The Bertz CT molecular complexity index is 762. The van der Waals surface area contributed by atoms with Crippen molar-refractivity contribution < 1.29 is 4.79 Å². The number of nitrogens with one attached hydrogen (secondary N) is 1. The molecule has 1 N–H and O–H groups in total. The van der Waals surface area contributed by atoms with Gasteiger partial charge in [-0.05, 0) is 31.5 Å². The molecule has 1 fully saturated rings. The minimum Gasteiger partial charge on any atom is -0.344 e. The molecule has 0 bridgehead atoms. The number of likely N-dealkylation sites (tertiary alicyclic amines) is 1. The Balaban J connectivity index is 1.73. The van der Waals surface area contributed by atoms with Crippen molar-refractivity contribution in [3.8, 4) is 12.3 Å². The Labute approximate surface area is 158 Å². The van der Waals surface area contributed by atoms with E-state index < -0.39 is 0 Å². The Hall–Kier alpha value is -2.30. The van der Waals surface area contributed by atoms with E-state index in [0.717, 1.165) is 30.6 Å². The van der Waals surface area contributed by atoms with E-state index in [1.807, 2.05) is 18.2 Å². The molecule has 0 spiro atoms. The number of amides is 1. The van der Waals surface area contributed by atoms with Crippen LogP contribution in [0.25, 0.3) is 0 Å². The number of thioether (sulfide) groups is 1. The topological polar surface area (TPSA) is 63.1 Å². The number of nitrogens with zero attached hydrogens (tertiary/aromatic N) is 4. The quantitative estimate of drug-likeness (QED) is 0.568. The van der Waals surface area contributed by atoms with Crippen LogP contribution in [0.15, 0.2) is 35.5 Å². The summed E-state index contributed by atoms with van der Waals surface area (Å²) in [5.74, 6) is 3.53. The molecule has 1 aliphatic rings. The number of terminal acetylenes is 1. The van der Waals surface area contributed by atoms with Crippen LogP contribution in [0, 0.1) is 12.3 Å². The zero-order valence-corrected chi connectivity index (χ0v) is 15.5.